The van der Waals surface area contributed by atoms with E-state index in [1.54, 1.807) is 14.2 Å². The van der Waals surface area contributed by atoms with Crippen LogP contribution in [0.1, 0.15) is 37.8 Å². The number of methoxy groups -OCH3 is 2. The second-order valence-corrected chi connectivity index (χ2v) is 7.58. The predicted octanol–water partition coefficient (Wildman–Crippen LogP) is 5.33. The van der Waals surface area contributed by atoms with Crippen LogP contribution in [0.5, 0.6) is 11.5 Å². The van der Waals surface area contributed by atoms with E-state index in [4.69, 9.17) is 19.7 Å². The summed E-state index contributed by atoms with van der Waals surface area (Å²) in [6, 6.07) is 16.7. The first-order valence-corrected chi connectivity index (χ1v) is 9.29. The quantitative estimate of drug-likeness (QED) is 0.748. The van der Waals surface area contributed by atoms with Crippen LogP contribution in [0, 0.1) is 11.8 Å². The molecule has 4 heteroatoms. The minimum Gasteiger partial charge on any atom is -0.497 e. The van der Waals surface area contributed by atoms with Gasteiger partial charge in [-0.3, -0.25) is 0 Å². The minimum atomic E-state index is -0.222. The monoisotopic (exact) mass is 350 g/mol. The lowest BCUT2D eigenvalue weighted by molar-refractivity contribution is 0.0140. The molecule has 3 aliphatic rings. The van der Waals surface area contributed by atoms with E-state index < -0.39 is 0 Å². The highest BCUT2D eigenvalue weighted by Gasteiger charge is 2.58. The Hall–Kier alpha value is -2.36. The molecule has 2 heterocycles. The Morgan fingerprint density at radius 2 is 1.04 bits per heavy atom. The van der Waals surface area contributed by atoms with E-state index in [1.807, 2.05) is 24.3 Å². The van der Waals surface area contributed by atoms with Gasteiger partial charge in [0.1, 0.15) is 22.6 Å². The lowest BCUT2D eigenvalue weighted by Gasteiger charge is -2.55. The standard InChI is InChI=1S/C22H26N2O2/c1-15-16(2)22(18-7-11-20(26-4)12-8-18)14-13-21(15,23-24-22)17-5-9-19(25-3)10-6-17/h5-12,15-16H,13-14H2,1-4H3/t15-,16-,21-,22+/m0/s1. The van der Waals surface area contributed by atoms with Crippen LogP contribution in [-0.4, -0.2) is 14.2 Å². The van der Waals surface area contributed by atoms with Crippen LogP contribution >= 0.6 is 0 Å². The number of azo groups is 1. The van der Waals surface area contributed by atoms with Crippen molar-refractivity contribution >= 4 is 0 Å². The van der Waals surface area contributed by atoms with Crippen molar-refractivity contribution in [1.29, 1.82) is 0 Å². The van der Waals surface area contributed by atoms with Crippen molar-refractivity contribution in [3.05, 3.63) is 59.7 Å². The molecule has 0 saturated heterocycles. The Balaban J connectivity index is 1.74. The predicted molar refractivity (Wildman–Crippen MR) is 102 cm³/mol. The second kappa shape index (κ2) is 6.11. The highest BCUT2D eigenvalue weighted by Crippen LogP contribution is 2.60. The van der Waals surface area contributed by atoms with Crippen molar-refractivity contribution in [3.8, 4) is 11.5 Å². The minimum absolute atomic E-state index is 0.222. The number of hydrogen-bond donors (Lipinski definition) is 0. The molecule has 5 rings (SSSR count). The van der Waals surface area contributed by atoms with Gasteiger partial charge in [-0.1, -0.05) is 38.1 Å². The summed E-state index contributed by atoms with van der Waals surface area (Å²) in [6.07, 6.45) is 2.03. The lowest BCUT2D eigenvalue weighted by atomic mass is 9.56. The van der Waals surface area contributed by atoms with E-state index in [9.17, 15) is 0 Å². The Morgan fingerprint density at radius 3 is 1.31 bits per heavy atom. The fourth-order valence-corrected chi connectivity index (χ4v) is 4.81. The van der Waals surface area contributed by atoms with E-state index >= 15 is 0 Å². The van der Waals surface area contributed by atoms with E-state index in [1.165, 1.54) is 11.1 Å². The molecule has 1 fully saturated rings. The van der Waals surface area contributed by atoms with Crippen LogP contribution in [0.3, 0.4) is 0 Å². The highest BCUT2D eigenvalue weighted by atomic mass is 16.5. The molecule has 0 spiro atoms. The first kappa shape index (κ1) is 17.1. The molecule has 0 aromatic heterocycles. The second-order valence-electron chi connectivity index (χ2n) is 7.58. The Morgan fingerprint density at radius 1 is 0.692 bits per heavy atom. The molecule has 136 valence electrons. The Kier molecular flexibility index (Phi) is 4.02. The van der Waals surface area contributed by atoms with Crippen molar-refractivity contribution in [2.45, 2.75) is 37.8 Å². The van der Waals surface area contributed by atoms with Gasteiger partial charge >= 0.3 is 0 Å². The molecule has 2 bridgehead atoms. The van der Waals surface area contributed by atoms with Crippen LogP contribution in [0.4, 0.5) is 0 Å². The molecule has 4 atom stereocenters. The average Bonchev–Trinajstić information content (AvgIpc) is 2.72. The summed E-state index contributed by atoms with van der Waals surface area (Å²) in [6.45, 7) is 4.65. The zero-order chi connectivity index (χ0) is 18.4. The molecule has 26 heavy (non-hydrogen) atoms. The van der Waals surface area contributed by atoms with Gasteiger partial charge in [0.2, 0.25) is 0 Å². The van der Waals surface area contributed by atoms with Gasteiger partial charge in [0.05, 0.1) is 14.2 Å². The molecule has 4 nitrogen and oxygen atoms in total. The van der Waals surface area contributed by atoms with Crippen molar-refractivity contribution in [1.82, 2.24) is 0 Å². The molecule has 0 unspecified atom stereocenters. The van der Waals surface area contributed by atoms with Crippen LogP contribution in [-0.2, 0) is 11.1 Å². The zero-order valence-electron chi connectivity index (χ0n) is 15.9. The van der Waals surface area contributed by atoms with Gasteiger partial charge < -0.3 is 9.47 Å². The highest BCUT2D eigenvalue weighted by molar-refractivity contribution is 5.39. The van der Waals surface area contributed by atoms with Crippen LogP contribution in [0.2, 0.25) is 0 Å². The van der Waals surface area contributed by atoms with Gasteiger partial charge in [-0.15, -0.1) is 0 Å². The maximum absolute atomic E-state index is 5.31. The summed E-state index contributed by atoms with van der Waals surface area (Å²) in [7, 11) is 3.39. The summed E-state index contributed by atoms with van der Waals surface area (Å²) in [5, 5.41) is 9.86. The van der Waals surface area contributed by atoms with Gasteiger partial charge in [-0.05, 0) is 60.1 Å². The Labute approximate surface area is 155 Å². The summed E-state index contributed by atoms with van der Waals surface area (Å²) in [4.78, 5) is 0. The number of nitrogens with zero attached hydrogens (tertiary/aromatic N) is 2. The number of ether oxygens (including phenoxy) is 2. The van der Waals surface area contributed by atoms with E-state index in [2.05, 4.69) is 38.1 Å². The first-order valence-electron chi connectivity index (χ1n) is 9.29. The molecular weight excluding hydrogens is 324 g/mol. The lowest BCUT2D eigenvalue weighted by Crippen LogP contribution is -2.53. The largest absolute Gasteiger partial charge is 0.497 e. The summed E-state index contributed by atoms with van der Waals surface area (Å²) in [5.74, 6) is 2.57. The third kappa shape index (κ3) is 2.28. The number of benzene rings is 2. The van der Waals surface area contributed by atoms with Gasteiger partial charge in [0, 0.05) is 0 Å². The molecule has 1 aliphatic carbocycles. The molecule has 2 aromatic carbocycles. The number of fused-ring (bicyclic) bond motifs is 2. The van der Waals surface area contributed by atoms with Gasteiger partial charge in [0.25, 0.3) is 0 Å². The maximum atomic E-state index is 5.31. The third-order valence-corrected chi connectivity index (χ3v) is 6.73. The van der Waals surface area contributed by atoms with Gasteiger partial charge in [-0.2, -0.15) is 10.2 Å². The van der Waals surface area contributed by atoms with Crippen molar-refractivity contribution in [2.75, 3.05) is 14.2 Å². The van der Waals surface area contributed by atoms with Crippen molar-refractivity contribution < 1.29 is 9.47 Å². The van der Waals surface area contributed by atoms with Gasteiger partial charge in [-0.25, -0.2) is 0 Å². The summed E-state index contributed by atoms with van der Waals surface area (Å²) >= 11 is 0. The molecule has 0 N–H and O–H groups in total. The number of hydrogen-bond acceptors (Lipinski definition) is 4. The third-order valence-electron chi connectivity index (χ3n) is 6.73. The first-order chi connectivity index (χ1) is 12.6. The van der Waals surface area contributed by atoms with Gasteiger partial charge in [0.15, 0.2) is 0 Å². The Bertz CT molecular complexity index is 746. The molecule has 1 saturated carbocycles. The zero-order valence-corrected chi connectivity index (χ0v) is 15.9. The van der Waals surface area contributed by atoms with Crippen molar-refractivity contribution in [2.24, 2.45) is 22.1 Å². The van der Waals surface area contributed by atoms with E-state index in [0.717, 1.165) is 24.3 Å². The molecular formula is C22H26N2O2. The SMILES string of the molecule is COc1ccc([C@]23CC[C@](c4ccc(OC)cc4)(N=N2)[C@@H](C)[C@@H]3C)cc1. The molecule has 2 aromatic rings. The van der Waals surface area contributed by atoms with Crippen LogP contribution in [0.25, 0.3) is 0 Å². The fourth-order valence-electron chi connectivity index (χ4n) is 4.81. The van der Waals surface area contributed by atoms with Crippen LogP contribution in [0.15, 0.2) is 58.8 Å². The fraction of sp³-hybridized carbons (Fsp3) is 0.455. The van der Waals surface area contributed by atoms with Crippen LogP contribution < -0.4 is 9.47 Å². The van der Waals surface area contributed by atoms with E-state index in [-0.39, 0.29) is 11.1 Å². The number of rotatable bonds is 4. The smallest absolute Gasteiger partial charge is 0.118 e. The normalized spacial score (nSPS) is 32.5. The summed E-state index contributed by atoms with van der Waals surface area (Å²) < 4.78 is 10.6. The maximum Gasteiger partial charge on any atom is 0.118 e. The molecule has 0 radical (unpaired) electrons. The molecule has 0 amide bonds. The topological polar surface area (TPSA) is 43.2 Å². The van der Waals surface area contributed by atoms with Crippen molar-refractivity contribution in [3.63, 3.8) is 0 Å². The average molecular weight is 350 g/mol. The van der Waals surface area contributed by atoms with E-state index in [0.29, 0.717) is 11.8 Å². The molecule has 2 aliphatic heterocycles. The summed E-state index contributed by atoms with van der Waals surface area (Å²) in [5.41, 5.74) is 2.04.